The molecule has 0 bridgehead atoms. The quantitative estimate of drug-likeness (QED) is 0.631. The highest BCUT2D eigenvalue weighted by Crippen LogP contribution is 2.23. The summed E-state index contributed by atoms with van der Waals surface area (Å²) >= 11 is 0. The van der Waals surface area contributed by atoms with Gasteiger partial charge in [-0.25, -0.2) is 0 Å². The Hall–Kier alpha value is -2.62. The predicted octanol–water partition coefficient (Wildman–Crippen LogP) is 3.71. The number of nitrogens with zero attached hydrogens (tertiary/aromatic N) is 1. The van der Waals surface area contributed by atoms with Crippen molar-refractivity contribution < 1.29 is 14.3 Å². The third kappa shape index (κ3) is 4.69. The first-order chi connectivity index (χ1) is 12.1. The van der Waals surface area contributed by atoms with Crippen molar-refractivity contribution in [3.05, 3.63) is 65.7 Å². The van der Waals surface area contributed by atoms with Gasteiger partial charge < -0.3 is 9.64 Å². The molecule has 0 N–H and O–H groups in total. The Morgan fingerprint density at radius 2 is 1.64 bits per heavy atom. The van der Waals surface area contributed by atoms with Crippen molar-refractivity contribution in [1.82, 2.24) is 4.90 Å². The minimum atomic E-state index is -0.362. The van der Waals surface area contributed by atoms with Crippen molar-refractivity contribution in [3.63, 3.8) is 0 Å². The van der Waals surface area contributed by atoms with Crippen molar-refractivity contribution in [1.29, 1.82) is 0 Å². The summed E-state index contributed by atoms with van der Waals surface area (Å²) in [7, 11) is 0. The molecule has 4 nitrogen and oxygen atoms in total. The third-order valence-corrected chi connectivity index (χ3v) is 4.63. The fourth-order valence-corrected chi connectivity index (χ4v) is 3.30. The van der Waals surface area contributed by atoms with Crippen LogP contribution in [0.25, 0.3) is 0 Å². The first-order valence-corrected chi connectivity index (χ1v) is 8.73. The zero-order valence-corrected chi connectivity index (χ0v) is 14.5. The van der Waals surface area contributed by atoms with Crippen LogP contribution in [0.4, 0.5) is 0 Å². The van der Waals surface area contributed by atoms with Gasteiger partial charge in [0.1, 0.15) is 5.75 Å². The summed E-state index contributed by atoms with van der Waals surface area (Å²) in [6.07, 6.45) is 3.15. The van der Waals surface area contributed by atoms with Crippen LogP contribution in [0.1, 0.15) is 35.7 Å². The summed E-state index contributed by atoms with van der Waals surface area (Å²) in [6, 6.07) is 17.3. The van der Waals surface area contributed by atoms with Crippen LogP contribution >= 0.6 is 0 Å². The van der Waals surface area contributed by atoms with E-state index in [-0.39, 0.29) is 11.9 Å². The maximum absolute atomic E-state index is 12.6. The number of piperidine rings is 1. The summed E-state index contributed by atoms with van der Waals surface area (Å²) in [6.45, 7) is 2.95. The van der Waals surface area contributed by atoms with E-state index in [2.05, 4.69) is 24.3 Å². The minimum absolute atomic E-state index is 0.0486. The van der Waals surface area contributed by atoms with Gasteiger partial charge in [0, 0.05) is 25.6 Å². The molecule has 2 aromatic carbocycles. The number of carbonyl (C=O) groups is 2. The molecule has 0 saturated carbocycles. The monoisotopic (exact) mass is 337 g/mol. The van der Waals surface area contributed by atoms with Crippen molar-refractivity contribution in [3.8, 4) is 5.75 Å². The van der Waals surface area contributed by atoms with Crippen LogP contribution in [0.5, 0.6) is 5.75 Å². The zero-order chi connectivity index (χ0) is 17.6. The summed E-state index contributed by atoms with van der Waals surface area (Å²) < 4.78 is 5.00. The van der Waals surface area contributed by atoms with E-state index in [4.69, 9.17) is 4.74 Å². The molecule has 1 aliphatic rings. The molecule has 25 heavy (non-hydrogen) atoms. The van der Waals surface area contributed by atoms with Gasteiger partial charge in [0.2, 0.25) is 0 Å². The van der Waals surface area contributed by atoms with Crippen molar-refractivity contribution in [2.24, 2.45) is 5.92 Å². The van der Waals surface area contributed by atoms with Crippen molar-refractivity contribution in [2.45, 2.75) is 26.2 Å². The molecule has 130 valence electrons. The lowest BCUT2D eigenvalue weighted by atomic mass is 9.90. The first-order valence-electron chi connectivity index (χ1n) is 8.73. The van der Waals surface area contributed by atoms with Gasteiger partial charge in [0.25, 0.3) is 5.91 Å². The molecule has 0 radical (unpaired) electrons. The molecule has 0 spiro atoms. The molecule has 1 fully saturated rings. The lowest BCUT2D eigenvalue weighted by Crippen LogP contribution is -2.38. The molecular formula is C21H23NO3. The molecule has 3 rings (SSSR count). The van der Waals surface area contributed by atoms with E-state index in [9.17, 15) is 9.59 Å². The third-order valence-electron chi connectivity index (χ3n) is 4.63. The zero-order valence-electron chi connectivity index (χ0n) is 14.5. The number of rotatable bonds is 4. The molecule has 0 unspecified atom stereocenters. The van der Waals surface area contributed by atoms with E-state index in [1.165, 1.54) is 12.5 Å². The summed E-state index contributed by atoms with van der Waals surface area (Å²) in [5, 5.41) is 0. The van der Waals surface area contributed by atoms with Crippen molar-refractivity contribution >= 4 is 11.9 Å². The maximum atomic E-state index is 12.6. The van der Waals surface area contributed by atoms with Gasteiger partial charge in [-0.3, -0.25) is 9.59 Å². The van der Waals surface area contributed by atoms with E-state index in [0.717, 1.165) is 32.4 Å². The Labute approximate surface area is 148 Å². The fourth-order valence-electron chi connectivity index (χ4n) is 3.30. The lowest BCUT2D eigenvalue weighted by Gasteiger charge is -2.32. The highest BCUT2D eigenvalue weighted by atomic mass is 16.5. The van der Waals surface area contributed by atoms with E-state index in [1.807, 2.05) is 11.0 Å². The Balaban J connectivity index is 1.53. The van der Waals surface area contributed by atoms with Gasteiger partial charge in [0.15, 0.2) is 0 Å². The summed E-state index contributed by atoms with van der Waals surface area (Å²) in [5.74, 6) is 0.788. The number of esters is 1. The van der Waals surface area contributed by atoms with Crippen LogP contribution in [0.15, 0.2) is 54.6 Å². The lowest BCUT2D eigenvalue weighted by molar-refractivity contribution is -0.131. The number of amides is 1. The molecule has 1 saturated heterocycles. The highest BCUT2D eigenvalue weighted by molar-refractivity contribution is 5.94. The second-order valence-corrected chi connectivity index (χ2v) is 6.54. The second kappa shape index (κ2) is 7.97. The molecule has 1 aliphatic heterocycles. The summed E-state index contributed by atoms with van der Waals surface area (Å²) in [5.41, 5.74) is 2.01. The van der Waals surface area contributed by atoms with Gasteiger partial charge in [-0.05, 0) is 55.0 Å². The van der Waals surface area contributed by atoms with Crippen LogP contribution < -0.4 is 4.74 Å². The average Bonchev–Trinajstić information content (AvgIpc) is 2.63. The Morgan fingerprint density at radius 3 is 2.24 bits per heavy atom. The van der Waals surface area contributed by atoms with Gasteiger partial charge in [-0.15, -0.1) is 0 Å². The Morgan fingerprint density at radius 1 is 1.00 bits per heavy atom. The number of hydrogen-bond donors (Lipinski definition) is 0. The van der Waals surface area contributed by atoms with Crippen LogP contribution in [0, 0.1) is 5.92 Å². The molecular weight excluding hydrogens is 314 g/mol. The van der Waals surface area contributed by atoms with Gasteiger partial charge >= 0.3 is 5.97 Å². The standard InChI is InChI=1S/C21H23NO3/c1-16(23)25-20-9-7-19(8-10-20)21(24)22-13-11-18(12-14-22)15-17-5-3-2-4-6-17/h2-10,18H,11-15H2,1H3. The SMILES string of the molecule is CC(=O)Oc1ccc(C(=O)N2CCC(Cc3ccccc3)CC2)cc1. The number of likely N-dealkylation sites (tertiary alicyclic amines) is 1. The fraction of sp³-hybridized carbons (Fsp3) is 0.333. The largest absolute Gasteiger partial charge is 0.427 e. The molecule has 0 aromatic heterocycles. The second-order valence-electron chi connectivity index (χ2n) is 6.54. The minimum Gasteiger partial charge on any atom is -0.427 e. The number of benzene rings is 2. The molecule has 4 heteroatoms. The number of carbonyl (C=O) groups excluding carboxylic acids is 2. The van der Waals surface area contributed by atoms with E-state index < -0.39 is 0 Å². The summed E-state index contributed by atoms with van der Waals surface area (Å²) in [4.78, 5) is 25.5. The van der Waals surface area contributed by atoms with Gasteiger partial charge in [-0.1, -0.05) is 30.3 Å². The van der Waals surface area contributed by atoms with E-state index in [0.29, 0.717) is 17.2 Å². The van der Waals surface area contributed by atoms with Crippen molar-refractivity contribution in [2.75, 3.05) is 13.1 Å². The first kappa shape index (κ1) is 17.2. The van der Waals surface area contributed by atoms with Crippen LogP contribution in [0.2, 0.25) is 0 Å². The smallest absolute Gasteiger partial charge is 0.308 e. The van der Waals surface area contributed by atoms with Crippen LogP contribution in [0.3, 0.4) is 0 Å². The number of hydrogen-bond acceptors (Lipinski definition) is 3. The Bertz CT molecular complexity index is 717. The molecule has 1 amide bonds. The van der Waals surface area contributed by atoms with E-state index in [1.54, 1.807) is 24.3 Å². The van der Waals surface area contributed by atoms with Gasteiger partial charge in [0.05, 0.1) is 0 Å². The molecule has 0 aliphatic carbocycles. The van der Waals surface area contributed by atoms with Crippen LogP contribution in [-0.2, 0) is 11.2 Å². The predicted molar refractivity (Wildman–Crippen MR) is 96.5 cm³/mol. The molecule has 0 atom stereocenters. The maximum Gasteiger partial charge on any atom is 0.308 e. The average molecular weight is 337 g/mol. The van der Waals surface area contributed by atoms with Crippen LogP contribution in [-0.4, -0.2) is 29.9 Å². The highest BCUT2D eigenvalue weighted by Gasteiger charge is 2.23. The molecule has 1 heterocycles. The molecule has 2 aromatic rings. The van der Waals surface area contributed by atoms with Gasteiger partial charge in [-0.2, -0.15) is 0 Å². The Kier molecular flexibility index (Phi) is 5.49. The van der Waals surface area contributed by atoms with E-state index >= 15 is 0 Å². The number of ether oxygens (including phenoxy) is 1. The normalized spacial score (nSPS) is 15.0. The topological polar surface area (TPSA) is 46.6 Å².